The number of rotatable bonds is 5. The quantitative estimate of drug-likeness (QED) is 0.569. The molecule has 3 N–H and O–H groups in total. The number of pyridine rings is 1. The molecule has 152 valence electrons. The third-order valence-corrected chi connectivity index (χ3v) is 5.49. The molecular weight excluding hydrogens is 374 g/mol. The first-order valence-electron chi connectivity index (χ1n) is 10.1. The van der Waals surface area contributed by atoms with Gasteiger partial charge in [-0.2, -0.15) is 0 Å². The first-order valence-corrected chi connectivity index (χ1v) is 10.1. The van der Waals surface area contributed by atoms with Crippen molar-refractivity contribution in [3.05, 3.63) is 71.6 Å². The van der Waals surface area contributed by atoms with Crippen molar-refractivity contribution in [2.24, 2.45) is 0 Å². The zero-order valence-corrected chi connectivity index (χ0v) is 17.2. The van der Waals surface area contributed by atoms with Crippen LogP contribution in [0, 0.1) is 5.41 Å². The van der Waals surface area contributed by atoms with Gasteiger partial charge in [0, 0.05) is 61.5 Å². The number of aryl methyl sites for hydroxylation is 1. The fraction of sp³-hybridized carbons (Fsp3) is 0.208. The smallest absolute Gasteiger partial charge is 0.251 e. The second-order valence-electron chi connectivity index (χ2n) is 7.27. The summed E-state index contributed by atoms with van der Waals surface area (Å²) < 4.78 is 0. The Labute approximate surface area is 176 Å². The highest BCUT2D eigenvalue weighted by molar-refractivity contribution is 6.08. The first kappa shape index (κ1) is 19.6. The Morgan fingerprint density at radius 1 is 1.10 bits per heavy atom. The van der Waals surface area contributed by atoms with E-state index in [-0.39, 0.29) is 5.91 Å². The van der Waals surface area contributed by atoms with Crippen molar-refractivity contribution in [3.8, 4) is 0 Å². The van der Waals surface area contributed by atoms with E-state index in [0.29, 0.717) is 5.56 Å². The van der Waals surface area contributed by atoms with Crippen molar-refractivity contribution in [2.45, 2.75) is 12.8 Å². The molecular formula is C24H25N5O. The fourth-order valence-corrected chi connectivity index (χ4v) is 4.04. The molecule has 30 heavy (non-hydrogen) atoms. The van der Waals surface area contributed by atoms with Gasteiger partial charge < -0.3 is 20.9 Å². The van der Waals surface area contributed by atoms with Crippen LogP contribution in [0.15, 0.2) is 54.9 Å². The summed E-state index contributed by atoms with van der Waals surface area (Å²) in [6, 6.07) is 14.0. The van der Waals surface area contributed by atoms with Crippen LogP contribution in [-0.4, -0.2) is 37.7 Å². The highest BCUT2D eigenvalue weighted by Crippen LogP contribution is 2.38. The minimum Gasteiger partial charge on any atom is -0.393 e. The van der Waals surface area contributed by atoms with Gasteiger partial charge in [-0.3, -0.25) is 9.78 Å². The lowest BCUT2D eigenvalue weighted by molar-refractivity contribution is 0.0963. The predicted octanol–water partition coefficient (Wildman–Crippen LogP) is 3.89. The van der Waals surface area contributed by atoms with E-state index in [0.717, 1.165) is 52.8 Å². The number of aromatic nitrogens is 1. The third-order valence-electron chi connectivity index (χ3n) is 5.49. The maximum absolute atomic E-state index is 12.2. The van der Waals surface area contributed by atoms with E-state index in [1.54, 1.807) is 13.1 Å². The van der Waals surface area contributed by atoms with E-state index in [4.69, 9.17) is 5.41 Å². The zero-order chi connectivity index (χ0) is 21.1. The van der Waals surface area contributed by atoms with E-state index in [1.165, 1.54) is 11.8 Å². The number of anilines is 2. The lowest BCUT2D eigenvalue weighted by atomic mass is 9.95. The molecule has 0 aliphatic carbocycles. The number of hydrogen-bond donors (Lipinski definition) is 3. The van der Waals surface area contributed by atoms with E-state index < -0.39 is 0 Å². The second-order valence-corrected chi connectivity index (χ2v) is 7.27. The summed E-state index contributed by atoms with van der Waals surface area (Å²) in [6.45, 7) is 0.902. The molecule has 0 saturated carbocycles. The second kappa shape index (κ2) is 8.37. The Hall–Kier alpha value is -3.67. The molecule has 1 aromatic heterocycles. The van der Waals surface area contributed by atoms with Crippen molar-refractivity contribution in [3.63, 3.8) is 0 Å². The summed E-state index contributed by atoms with van der Waals surface area (Å²) >= 11 is 0. The lowest BCUT2D eigenvalue weighted by Gasteiger charge is -2.32. The molecule has 0 radical (unpaired) electrons. The zero-order valence-electron chi connectivity index (χ0n) is 17.2. The van der Waals surface area contributed by atoms with Crippen molar-refractivity contribution in [1.82, 2.24) is 15.6 Å². The van der Waals surface area contributed by atoms with Gasteiger partial charge in [-0.25, -0.2) is 0 Å². The van der Waals surface area contributed by atoms with Gasteiger partial charge in [0.05, 0.1) is 11.2 Å². The van der Waals surface area contributed by atoms with Gasteiger partial charge in [-0.05, 0) is 60.4 Å². The third kappa shape index (κ3) is 3.52. The number of carbonyl (C=O) groups is 1. The molecule has 0 bridgehead atoms. The number of nitrogens with one attached hydrogen (secondary N) is 3. The largest absolute Gasteiger partial charge is 0.393 e. The van der Waals surface area contributed by atoms with Crippen LogP contribution in [0.2, 0.25) is 0 Å². The number of fused-ring (bicyclic) bond motifs is 2. The van der Waals surface area contributed by atoms with Crippen LogP contribution in [0.25, 0.3) is 16.5 Å². The topological polar surface area (TPSA) is 81.1 Å². The first-order chi connectivity index (χ1) is 14.7. The maximum atomic E-state index is 12.2. The van der Waals surface area contributed by atoms with Crippen molar-refractivity contribution < 1.29 is 4.79 Å². The molecule has 1 aliphatic heterocycles. The molecule has 6 nitrogen and oxygen atoms in total. The number of nitrogens with zero attached hydrogens (tertiary/aromatic N) is 2. The van der Waals surface area contributed by atoms with E-state index >= 15 is 0 Å². The Balaban J connectivity index is 1.81. The summed E-state index contributed by atoms with van der Waals surface area (Å²) in [7, 11) is 3.48. The molecule has 3 aromatic rings. The van der Waals surface area contributed by atoms with Gasteiger partial charge in [-0.1, -0.05) is 6.07 Å². The van der Waals surface area contributed by atoms with Gasteiger partial charge in [0.25, 0.3) is 5.91 Å². The Morgan fingerprint density at radius 2 is 1.93 bits per heavy atom. The number of benzene rings is 2. The molecule has 6 heteroatoms. The molecule has 0 spiro atoms. The Bertz CT molecular complexity index is 1150. The van der Waals surface area contributed by atoms with Crippen LogP contribution in [0.4, 0.5) is 11.4 Å². The lowest BCUT2D eigenvalue weighted by Crippen LogP contribution is -2.25. The van der Waals surface area contributed by atoms with Gasteiger partial charge in [0.1, 0.15) is 0 Å². The van der Waals surface area contributed by atoms with Crippen molar-refractivity contribution in [1.29, 1.82) is 5.41 Å². The van der Waals surface area contributed by atoms with Gasteiger partial charge in [0.2, 0.25) is 0 Å². The minimum atomic E-state index is -0.106. The highest BCUT2D eigenvalue weighted by atomic mass is 16.1. The SMILES string of the molecule is CN/C=C(\C=N)c1ccc2c(c1)CCCN2c1ccnc2ccc(C(=O)NC)cc12. The fourth-order valence-electron chi connectivity index (χ4n) is 4.04. The minimum absolute atomic E-state index is 0.106. The summed E-state index contributed by atoms with van der Waals surface area (Å²) in [5, 5.41) is 14.4. The summed E-state index contributed by atoms with van der Waals surface area (Å²) in [5.41, 5.74) is 6.85. The Morgan fingerprint density at radius 3 is 2.70 bits per heavy atom. The predicted molar refractivity (Wildman–Crippen MR) is 123 cm³/mol. The van der Waals surface area contributed by atoms with Crippen LogP contribution in [0.3, 0.4) is 0 Å². The number of amides is 1. The average molecular weight is 399 g/mol. The molecule has 2 aromatic carbocycles. The monoisotopic (exact) mass is 399 g/mol. The van der Waals surface area contributed by atoms with Crippen molar-refractivity contribution in [2.75, 3.05) is 25.5 Å². The molecule has 2 heterocycles. The number of hydrogen-bond acceptors (Lipinski definition) is 5. The van der Waals surface area contributed by atoms with Crippen LogP contribution in [0.5, 0.6) is 0 Å². The molecule has 1 amide bonds. The van der Waals surface area contributed by atoms with Gasteiger partial charge >= 0.3 is 0 Å². The van der Waals surface area contributed by atoms with Crippen LogP contribution < -0.4 is 15.5 Å². The van der Waals surface area contributed by atoms with Gasteiger partial charge in [-0.15, -0.1) is 0 Å². The maximum Gasteiger partial charge on any atom is 0.251 e. The highest BCUT2D eigenvalue weighted by Gasteiger charge is 2.21. The number of allylic oxidation sites excluding steroid dienone is 1. The summed E-state index contributed by atoms with van der Waals surface area (Å²) in [6.07, 6.45) is 7.06. The summed E-state index contributed by atoms with van der Waals surface area (Å²) in [4.78, 5) is 19.0. The van der Waals surface area contributed by atoms with E-state index in [9.17, 15) is 4.79 Å². The molecule has 4 rings (SSSR count). The van der Waals surface area contributed by atoms with Crippen molar-refractivity contribution >= 4 is 40.0 Å². The van der Waals surface area contributed by atoms with Crippen LogP contribution >= 0.6 is 0 Å². The van der Waals surface area contributed by atoms with E-state index in [2.05, 4.69) is 38.7 Å². The van der Waals surface area contributed by atoms with Crippen LogP contribution in [0.1, 0.15) is 27.9 Å². The molecule has 0 unspecified atom stereocenters. The van der Waals surface area contributed by atoms with E-state index in [1.807, 2.05) is 37.6 Å². The Kier molecular flexibility index (Phi) is 5.48. The van der Waals surface area contributed by atoms with Crippen LogP contribution in [-0.2, 0) is 6.42 Å². The molecule has 0 saturated heterocycles. The molecule has 1 aliphatic rings. The standard InChI is InChI=1S/C24H25N5O/c1-26-15-19(14-25)16-6-8-22-17(12-16)4-3-11-29(22)23-9-10-28-21-7-5-18(13-20(21)23)24(30)27-2/h5-10,12-15,25-26H,3-4,11H2,1-2H3,(H,27,30)/b19-15+,25-14?. The molecule has 0 atom stereocenters. The number of carbonyl (C=O) groups excluding carboxylic acids is 1. The summed E-state index contributed by atoms with van der Waals surface area (Å²) in [5.74, 6) is -0.106. The molecule has 0 fully saturated rings. The van der Waals surface area contributed by atoms with Gasteiger partial charge in [0.15, 0.2) is 0 Å². The average Bonchev–Trinajstić information content (AvgIpc) is 2.80. The normalized spacial score (nSPS) is 13.7.